The van der Waals surface area contributed by atoms with Crippen LogP contribution >= 0.6 is 15.9 Å². The predicted octanol–water partition coefficient (Wildman–Crippen LogP) is 5.67. The van der Waals surface area contributed by atoms with Crippen molar-refractivity contribution in [3.8, 4) is 16.9 Å². The van der Waals surface area contributed by atoms with Crippen molar-refractivity contribution in [2.24, 2.45) is 0 Å². The van der Waals surface area contributed by atoms with Crippen molar-refractivity contribution < 1.29 is 18.3 Å². The first-order valence-corrected chi connectivity index (χ1v) is 7.84. The van der Waals surface area contributed by atoms with Crippen LogP contribution < -0.4 is 0 Å². The normalized spacial score (nSPS) is 11.8. The van der Waals surface area contributed by atoms with Gasteiger partial charge < -0.3 is 5.11 Å². The lowest BCUT2D eigenvalue weighted by Crippen LogP contribution is -2.12. The standard InChI is InChI=1S/C17H16BrF3O/c1-17(2,3)10-4-9(8-18)16(22)12(5-10)15-13(20)6-11(19)7-14(15)21/h4-7,22H,8H2,1-3H3. The first-order chi connectivity index (χ1) is 10.1. The zero-order chi connectivity index (χ0) is 16.7. The molecule has 0 aliphatic heterocycles. The Morgan fingerprint density at radius 3 is 2.00 bits per heavy atom. The van der Waals surface area contributed by atoms with Crippen LogP contribution in [0.15, 0.2) is 24.3 Å². The highest BCUT2D eigenvalue weighted by molar-refractivity contribution is 9.08. The molecule has 2 aromatic carbocycles. The third kappa shape index (κ3) is 3.14. The molecule has 0 saturated carbocycles. The molecular formula is C17H16BrF3O. The molecule has 0 saturated heterocycles. The summed E-state index contributed by atoms with van der Waals surface area (Å²) in [5.41, 5.74) is 0.666. The second-order valence-corrected chi connectivity index (χ2v) is 6.72. The smallest absolute Gasteiger partial charge is 0.137 e. The molecule has 118 valence electrons. The van der Waals surface area contributed by atoms with Crippen LogP contribution in [0.2, 0.25) is 0 Å². The number of phenols is 1. The van der Waals surface area contributed by atoms with Gasteiger partial charge in [0.25, 0.3) is 0 Å². The van der Waals surface area contributed by atoms with Gasteiger partial charge in [-0.3, -0.25) is 0 Å². The maximum Gasteiger partial charge on any atom is 0.137 e. The zero-order valence-electron chi connectivity index (χ0n) is 12.5. The van der Waals surface area contributed by atoms with Gasteiger partial charge in [-0.2, -0.15) is 0 Å². The molecule has 1 N–H and O–H groups in total. The van der Waals surface area contributed by atoms with Crippen molar-refractivity contribution >= 4 is 15.9 Å². The zero-order valence-corrected chi connectivity index (χ0v) is 14.1. The van der Waals surface area contributed by atoms with Gasteiger partial charge in [0.05, 0.1) is 5.56 Å². The van der Waals surface area contributed by atoms with Gasteiger partial charge in [-0.05, 0) is 17.0 Å². The van der Waals surface area contributed by atoms with E-state index >= 15 is 0 Å². The number of alkyl halides is 1. The Balaban J connectivity index is 2.81. The van der Waals surface area contributed by atoms with Crippen LogP contribution in [0.5, 0.6) is 5.75 Å². The van der Waals surface area contributed by atoms with Crippen molar-refractivity contribution in [3.63, 3.8) is 0 Å². The Hall–Kier alpha value is -1.49. The summed E-state index contributed by atoms with van der Waals surface area (Å²) in [6, 6.07) is 4.54. The van der Waals surface area contributed by atoms with E-state index < -0.39 is 23.0 Å². The topological polar surface area (TPSA) is 20.2 Å². The second kappa shape index (κ2) is 5.95. The number of rotatable bonds is 2. The first kappa shape index (κ1) is 16.9. The minimum absolute atomic E-state index is 0.0249. The summed E-state index contributed by atoms with van der Waals surface area (Å²) in [6.07, 6.45) is 0. The van der Waals surface area contributed by atoms with Gasteiger partial charge in [0.1, 0.15) is 23.2 Å². The van der Waals surface area contributed by atoms with Crippen molar-refractivity contribution in [1.82, 2.24) is 0 Å². The average Bonchev–Trinajstić information content (AvgIpc) is 2.38. The van der Waals surface area contributed by atoms with Crippen molar-refractivity contribution in [2.45, 2.75) is 31.5 Å². The van der Waals surface area contributed by atoms with Crippen LogP contribution in [-0.4, -0.2) is 5.11 Å². The number of hydrogen-bond donors (Lipinski definition) is 1. The van der Waals surface area contributed by atoms with Crippen LogP contribution in [0.4, 0.5) is 13.2 Å². The van der Waals surface area contributed by atoms with Crippen LogP contribution in [0.1, 0.15) is 31.9 Å². The van der Waals surface area contributed by atoms with E-state index in [0.717, 1.165) is 5.56 Å². The van der Waals surface area contributed by atoms with E-state index in [0.29, 0.717) is 23.0 Å². The average molecular weight is 373 g/mol. The Labute approximate surface area is 135 Å². The van der Waals surface area contributed by atoms with E-state index in [9.17, 15) is 18.3 Å². The van der Waals surface area contributed by atoms with Gasteiger partial charge >= 0.3 is 0 Å². The largest absolute Gasteiger partial charge is 0.507 e. The summed E-state index contributed by atoms with van der Waals surface area (Å²) in [5.74, 6) is -3.29. The van der Waals surface area contributed by atoms with Gasteiger partial charge in [0.15, 0.2) is 0 Å². The van der Waals surface area contributed by atoms with E-state index in [1.54, 1.807) is 12.1 Å². The summed E-state index contributed by atoms with van der Waals surface area (Å²) in [6.45, 7) is 5.87. The fourth-order valence-corrected chi connectivity index (χ4v) is 2.65. The molecule has 0 unspecified atom stereocenters. The van der Waals surface area contributed by atoms with Crippen LogP contribution in [0, 0.1) is 17.5 Å². The fourth-order valence-electron chi connectivity index (χ4n) is 2.22. The molecule has 1 nitrogen and oxygen atoms in total. The lowest BCUT2D eigenvalue weighted by molar-refractivity contribution is 0.469. The molecule has 0 spiro atoms. The molecular weight excluding hydrogens is 357 g/mol. The number of benzene rings is 2. The first-order valence-electron chi connectivity index (χ1n) is 6.72. The molecule has 22 heavy (non-hydrogen) atoms. The highest BCUT2D eigenvalue weighted by Gasteiger charge is 2.23. The van der Waals surface area contributed by atoms with Gasteiger partial charge in [-0.25, -0.2) is 13.2 Å². The molecule has 5 heteroatoms. The second-order valence-electron chi connectivity index (χ2n) is 6.16. The van der Waals surface area contributed by atoms with Gasteiger partial charge in [0, 0.05) is 28.6 Å². The molecule has 0 fully saturated rings. The van der Waals surface area contributed by atoms with Crippen molar-refractivity contribution in [2.75, 3.05) is 0 Å². The Kier molecular flexibility index (Phi) is 4.57. The molecule has 0 aromatic heterocycles. The fraction of sp³-hybridized carbons (Fsp3) is 0.294. The molecule has 0 atom stereocenters. The van der Waals surface area contributed by atoms with E-state index in [-0.39, 0.29) is 16.7 Å². The molecule has 2 aromatic rings. The minimum Gasteiger partial charge on any atom is -0.507 e. The van der Waals surface area contributed by atoms with E-state index in [1.165, 1.54) is 0 Å². The monoisotopic (exact) mass is 372 g/mol. The summed E-state index contributed by atoms with van der Waals surface area (Å²) in [7, 11) is 0. The van der Waals surface area contributed by atoms with Gasteiger partial charge in [0.2, 0.25) is 0 Å². The molecule has 0 aliphatic carbocycles. The van der Waals surface area contributed by atoms with E-state index in [1.807, 2.05) is 20.8 Å². The SMILES string of the molecule is CC(C)(C)c1cc(CBr)c(O)c(-c2c(F)cc(F)cc2F)c1. The lowest BCUT2D eigenvalue weighted by atomic mass is 9.84. The van der Waals surface area contributed by atoms with Crippen LogP contribution in [-0.2, 0) is 10.7 Å². The third-order valence-corrected chi connectivity index (χ3v) is 4.08. The number of halogens is 4. The molecule has 0 aliphatic rings. The molecule has 0 heterocycles. The molecule has 2 rings (SSSR count). The predicted molar refractivity (Wildman–Crippen MR) is 84.7 cm³/mol. The molecule has 0 bridgehead atoms. The van der Waals surface area contributed by atoms with Crippen molar-refractivity contribution in [3.05, 3.63) is 52.8 Å². The highest BCUT2D eigenvalue weighted by Crippen LogP contribution is 2.40. The summed E-state index contributed by atoms with van der Waals surface area (Å²) in [5, 5.41) is 10.6. The maximum atomic E-state index is 14.0. The summed E-state index contributed by atoms with van der Waals surface area (Å²) < 4.78 is 41.2. The minimum atomic E-state index is -1.04. The Morgan fingerprint density at radius 2 is 1.55 bits per heavy atom. The molecule has 0 amide bonds. The lowest BCUT2D eigenvalue weighted by Gasteiger charge is -2.22. The summed E-state index contributed by atoms with van der Waals surface area (Å²) >= 11 is 3.26. The highest BCUT2D eigenvalue weighted by atomic mass is 79.9. The van der Waals surface area contributed by atoms with Crippen molar-refractivity contribution in [1.29, 1.82) is 0 Å². The maximum absolute atomic E-state index is 14.0. The van der Waals surface area contributed by atoms with Crippen LogP contribution in [0.3, 0.4) is 0 Å². The number of hydrogen-bond acceptors (Lipinski definition) is 1. The van der Waals surface area contributed by atoms with Crippen LogP contribution in [0.25, 0.3) is 11.1 Å². The number of aromatic hydroxyl groups is 1. The van der Waals surface area contributed by atoms with Gasteiger partial charge in [-0.1, -0.05) is 42.8 Å². The van der Waals surface area contributed by atoms with E-state index in [2.05, 4.69) is 15.9 Å². The quantitative estimate of drug-likeness (QED) is 0.673. The Morgan fingerprint density at radius 1 is 1.00 bits per heavy atom. The summed E-state index contributed by atoms with van der Waals surface area (Å²) in [4.78, 5) is 0. The molecule has 0 radical (unpaired) electrons. The van der Waals surface area contributed by atoms with E-state index in [4.69, 9.17) is 0 Å². The Bertz CT molecular complexity index is 698. The third-order valence-electron chi connectivity index (χ3n) is 3.48. The number of phenolic OH excluding ortho intramolecular Hbond substituents is 1. The van der Waals surface area contributed by atoms with Gasteiger partial charge in [-0.15, -0.1) is 0 Å².